The average Bonchev–Trinajstić information content (AvgIpc) is 3.18. The number of thiophene rings is 1. The second-order valence-electron chi connectivity index (χ2n) is 8.71. The Hall–Kier alpha value is -2.18. The van der Waals surface area contributed by atoms with Crippen molar-refractivity contribution in [2.45, 2.75) is 72.4 Å². The summed E-state index contributed by atoms with van der Waals surface area (Å²) >= 11 is 1.75. The van der Waals surface area contributed by atoms with Crippen molar-refractivity contribution < 1.29 is 4.74 Å². The molecule has 3 aromatic rings. The first kappa shape index (κ1) is 23.0. The smallest absolute Gasteiger partial charge is 0.262 e. The molecule has 2 aromatic heterocycles. The normalized spacial score (nSPS) is 13.6. The fourth-order valence-corrected chi connectivity index (χ4v) is 5.75. The quantitative estimate of drug-likeness (QED) is 0.389. The zero-order valence-electron chi connectivity index (χ0n) is 19.7. The molecule has 1 aromatic carbocycles. The lowest BCUT2D eigenvalue weighted by molar-refractivity contribution is 0.278. The Morgan fingerprint density at radius 2 is 1.84 bits per heavy atom. The molecule has 32 heavy (non-hydrogen) atoms. The minimum Gasteiger partial charge on any atom is -0.494 e. The standard InChI is InChI=1S/C26H35N3O2S/c1-4-28(5-2)18-23-27-25-24(21-10-6-7-11-22(21)32-25)26(30)29(23)16-8-9-17-31-20-14-12-19(3)13-15-20/h12-15H,4-11,16-18H2,1-3H3. The van der Waals surface area contributed by atoms with Crippen molar-refractivity contribution in [1.82, 2.24) is 14.5 Å². The van der Waals surface area contributed by atoms with Crippen LogP contribution in [0.5, 0.6) is 5.75 Å². The van der Waals surface area contributed by atoms with E-state index in [0.717, 1.165) is 67.1 Å². The van der Waals surface area contributed by atoms with Gasteiger partial charge in [0.2, 0.25) is 0 Å². The Kier molecular flexibility index (Phi) is 7.63. The summed E-state index contributed by atoms with van der Waals surface area (Å²) < 4.78 is 7.83. The van der Waals surface area contributed by atoms with Crippen LogP contribution < -0.4 is 10.3 Å². The molecule has 6 heteroatoms. The molecular formula is C26H35N3O2S. The van der Waals surface area contributed by atoms with E-state index in [2.05, 4.69) is 37.8 Å². The summed E-state index contributed by atoms with van der Waals surface area (Å²) in [7, 11) is 0. The van der Waals surface area contributed by atoms with Gasteiger partial charge >= 0.3 is 0 Å². The van der Waals surface area contributed by atoms with Crippen LogP contribution >= 0.6 is 11.3 Å². The Morgan fingerprint density at radius 1 is 1.09 bits per heavy atom. The van der Waals surface area contributed by atoms with E-state index in [4.69, 9.17) is 9.72 Å². The predicted octanol–water partition coefficient (Wildman–Crippen LogP) is 5.35. The van der Waals surface area contributed by atoms with E-state index in [-0.39, 0.29) is 5.56 Å². The average molecular weight is 454 g/mol. The molecule has 0 N–H and O–H groups in total. The van der Waals surface area contributed by atoms with Gasteiger partial charge in [-0.15, -0.1) is 11.3 Å². The second-order valence-corrected chi connectivity index (χ2v) is 9.79. The highest BCUT2D eigenvalue weighted by Crippen LogP contribution is 2.34. The van der Waals surface area contributed by atoms with Gasteiger partial charge in [-0.1, -0.05) is 31.5 Å². The third-order valence-corrected chi connectivity index (χ3v) is 7.66. The summed E-state index contributed by atoms with van der Waals surface area (Å²) in [5.41, 5.74) is 2.67. The molecule has 4 rings (SSSR count). The first-order valence-electron chi connectivity index (χ1n) is 12.1. The topological polar surface area (TPSA) is 47.4 Å². The molecule has 1 aliphatic carbocycles. The van der Waals surface area contributed by atoms with Crippen molar-refractivity contribution in [2.75, 3.05) is 19.7 Å². The summed E-state index contributed by atoms with van der Waals surface area (Å²) in [6.45, 7) is 10.4. The molecule has 1 aliphatic rings. The van der Waals surface area contributed by atoms with E-state index in [1.807, 2.05) is 16.7 Å². The molecule has 0 amide bonds. The lowest BCUT2D eigenvalue weighted by atomic mass is 9.97. The molecule has 0 saturated carbocycles. The number of aryl methyl sites for hydroxylation is 3. The largest absolute Gasteiger partial charge is 0.494 e. The number of benzene rings is 1. The molecule has 0 saturated heterocycles. The van der Waals surface area contributed by atoms with Crippen LogP contribution in [0.4, 0.5) is 0 Å². The summed E-state index contributed by atoms with van der Waals surface area (Å²) in [5.74, 6) is 1.81. The first-order chi connectivity index (χ1) is 15.6. The molecule has 2 heterocycles. The van der Waals surface area contributed by atoms with Crippen LogP contribution in [0.2, 0.25) is 0 Å². The Bertz CT molecular complexity index is 1100. The Balaban J connectivity index is 1.52. The zero-order chi connectivity index (χ0) is 22.5. The first-order valence-corrected chi connectivity index (χ1v) is 12.9. The fourth-order valence-electron chi connectivity index (χ4n) is 4.48. The van der Waals surface area contributed by atoms with Crippen LogP contribution in [0.3, 0.4) is 0 Å². The van der Waals surface area contributed by atoms with E-state index < -0.39 is 0 Å². The monoisotopic (exact) mass is 453 g/mol. The minimum absolute atomic E-state index is 0.163. The van der Waals surface area contributed by atoms with Gasteiger partial charge in [0.1, 0.15) is 16.4 Å². The van der Waals surface area contributed by atoms with Gasteiger partial charge in [0.05, 0.1) is 18.5 Å². The van der Waals surface area contributed by atoms with Gasteiger partial charge in [0.25, 0.3) is 5.56 Å². The van der Waals surface area contributed by atoms with Gasteiger partial charge in [0, 0.05) is 11.4 Å². The van der Waals surface area contributed by atoms with Gasteiger partial charge in [-0.3, -0.25) is 14.3 Å². The third-order valence-electron chi connectivity index (χ3n) is 6.48. The van der Waals surface area contributed by atoms with Crippen LogP contribution in [0.25, 0.3) is 10.2 Å². The Labute approximate surface area is 195 Å². The van der Waals surface area contributed by atoms with E-state index in [9.17, 15) is 4.79 Å². The van der Waals surface area contributed by atoms with Crippen LogP contribution in [-0.2, 0) is 25.9 Å². The lowest BCUT2D eigenvalue weighted by Crippen LogP contribution is -2.31. The van der Waals surface area contributed by atoms with Crippen molar-refractivity contribution in [1.29, 1.82) is 0 Å². The predicted molar refractivity (Wildman–Crippen MR) is 133 cm³/mol. The number of nitrogens with zero attached hydrogens (tertiary/aromatic N) is 3. The number of unbranched alkanes of at least 4 members (excludes halogenated alkanes) is 1. The molecule has 0 fully saturated rings. The number of ether oxygens (including phenoxy) is 1. The third kappa shape index (κ3) is 5.07. The maximum absolute atomic E-state index is 13.6. The SMILES string of the molecule is CCN(CC)Cc1nc2sc3c(c2c(=O)n1CCCCOc1ccc(C)cc1)CCCC3. The van der Waals surface area contributed by atoms with E-state index in [1.165, 1.54) is 28.8 Å². The molecule has 0 spiro atoms. The molecule has 0 unspecified atom stereocenters. The zero-order valence-corrected chi connectivity index (χ0v) is 20.5. The van der Waals surface area contributed by atoms with E-state index >= 15 is 0 Å². The molecule has 5 nitrogen and oxygen atoms in total. The van der Waals surface area contributed by atoms with Gasteiger partial charge in [-0.2, -0.15) is 0 Å². The van der Waals surface area contributed by atoms with Gasteiger partial charge < -0.3 is 4.74 Å². The number of hydrogen-bond acceptors (Lipinski definition) is 5. The highest BCUT2D eigenvalue weighted by atomic mass is 32.1. The van der Waals surface area contributed by atoms with Crippen molar-refractivity contribution >= 4 is 21.6 Å². The van der Waals surface area contributed by atoms with E-state index in [0.29, 0.717) is 13.2 Å². The molecule has 0 aliphatic heterocycles. The van der Waals surface area contributed by atoms with Gasteiger partial charge in [-0.25, -0.2) is 4.98 Å². The molecule has 0 atom stereocenters. The number of fused-ring (bicyclic) bond motifs is 3. The molecule has 0 bridgehead atoms. The molecule has 172 valence electrons. The number of hydrogen-bond donors (Lipinski definition) is 0. The second kappa shape index (κ2) is 10.6. The van der Waals surface area contributed by atoms with Crippen LogP contribution in [0, 0.1) is 6.92 Å². The minimum atomic E-state index is 0.163. The highest BCUT2D eigenvalue weighted by molar-refractivity contribution is 7.18. The van der Waals surface area contributed by atoms with Crippen LogP contribution in [0.15, 0.2) is 29.1 Å². The summed E-state index contributed by atoms with van der Waals surface area (Å²) in [5, 5.41) is 0.893. The van der Waals surface area contributed by atoms with Crippen LogP contribution in [-0.4, -0.2) is 34.1 Å². The van der Waals surface area contributed by atoms with Crippen molar-refractivity contribution in [2.24, 2.45) is 0 Å². The molecule has 0 radical (unpaired) electrons. The molecular weight excluding hydrogens is 418 g/mol. The van der Waals surface area contributed by atoms with Gasteiger partial charge in [0.15, 0.2) is 0 Å². The summed E-state index contributed by atoms with van der Waals surface area (Å²) in [6, 6.07) is 8.16. The summed E-state index contributed by atoms with van der Waals surface area (Å²) in [4.78, 5) is 23.3. The van der Waals surface area contributed by atoms with Crippen molar-refractivity contribution in [3.8, 4) is 5.75 Å². The van der Waals surface area contributed by atoms with E-state index in [1.54, 1.807) is 11.3 Å². The number of aromatic nitrogens is 2. The van der Waals surface area contributed by atoms with Crippen molar-refractivity contribution in [3.63, 3.8) is 0 Å². The van der Waals surface area contributed by atoms with Gasteiger partial charge in [-0.05, 0) is 76.2 Å². The number of rotatable bonds is 10. The maximum atomic E-state index is 13.6. The summed E-state index contributed by atoms with van der Waals surface area (Å²) in [6.07, 6.45) is 6.32. The fraction of sp³-hybridized carbons (Fsp3) is 0.538. The Morgan fingerprint density at radius 3 is 2.59 bits per heavy atom. The van der Waals surface area contributed by atoms with Crippen molar-refractivity contribution in [3.05, 3.63) is 56.4 Å². The lowest BCUT2D eigenvalue weighted by Gasteiger charge is -2.20. The highest BCUT2D eigenvalue weighted by Gasteiger charge is 2.22. The van der Waals surface area contributed by atoms with Crippen LogP contribution in [0.1, 0.15) is 61.4 Å². The maximum Gasteiger partial charge on any atom is 0.262 e.